The van der Waals surface area contributed by atoms with Crippen LogP contribution in [0.3, 0.4) is 0 Å². The summed E-state index contributed by atoms with van der Waals surface area (Å²) in [5, 5.41) is 23.6. The normalized spacial score (nSPS) is 12.1. The predicted octanol–water partition coefficient (Wildman–Crippen LogP) is 1.80. The van der Waals surface area contributed by atoms with Gasteiger partial charge in [-0.15, -0.1) is 0 Å². The number of nitro groups is 1. The number of para-hydroxylation sites is 1. The fourth-order valence-electron chi connectivity index (χ4n) is 1.56. The number of rotatable bonds is 5. The Bertz CT molecular complexity index is 518. The summed E-state index contributed by atoms with van der Waals surface area (Å²) < 4.78 is 0. The molecule has 6 heteroatoms. The van der Waals surface area contributed by atoms with Gasteiger partial charge in [-0.3, -0.25) is 14.9 Å². The largest absolute Gasteiger partial charge is 0.388 e. The molecule has 0 unspecified atom stereocenters. The summed E-state index contributed by atoms with van der Waals surface area (Å²) in [6, 6.07) is 6.12. The number of carbonyl (C=O) groups excluding carboxylic acids is 1. The van der Waals surface area contributed by atoms with E-state index in [2.05, 4.69) is 5.32 Å². The molecule has 1 aromatic rings. The number of hydrogen-bond donors (Lipinski definition) is 2. The third kappa shape index (κ3) is 3.77. The molecule has 0 aliphatic heterocycles. The number of nitro benzene ring substituents is 1. The number of nitrogens with one attached hydrogen (secondary N) is 1. The maximum Gasteiger partial charge on any atom is 0.273 e. The Morgan fingerprint density at radius 3 is 2.35 bits per heavy atom. The van der Waals surface area contributed by atoms with E-state index in [1.165, 1.54) is 6.07 Å². The van der Waals surface area contributed by atoms with Crippen molar-refractivity contribution in [1.29, 1.82) is 0 Å². The average molecular weight is 280 g/mol. The van der Waals surface area contributed by atoms with Crippen LogP contribution in [-0.2, 0) is 11.2 Å². The van der Waals surface area contributed by atoms with E-state index in [9.17, 15) is 20.0 Å². The van der Waals surface area contributed by atoms with Crippen molar-refractivity contribution in [2.75, 3.05) is 0 Å². The molecule has 0 saturated heterocycles. The van der Waals surface area contributed by atoms with E-state index in [0.717, 1.165) is 0 Å². The lowest BCUT2D eigenvalue weighted by Gasteiger charge is -2.38. The van der Waals surface area contributed by atoms with Gasteiger partial charge in [-0.05, 0) is 27.7 Å². The van der Waals surface area contributed by atoms with Crippen molar-refractivity contribution in [3.8, 4) is 0 Å². The van der Waals surface area contributed by atoms with Gasteiger partial charge in [0.25, 0.3) is 5.69 Å². The van der Waals surface area contributed by atoms with E-state index in [-0.39, 0.29) is 18.0 Å². The lowest BCUT2D eigenvalue weighted by atomic mass is 9.86. The first-order valence-electron chi connectivity index (χ1n) is 6.30. The fraction of sp³-hybridized carbons (Fsp3) is 0.500. The highest BCUT2D eigenvalue weighted by molar-refractivity contribution is 5.80. The highest BCUT2D eigenvalue weighted by Crippen LogP contribution is 2.22. The fourth-order valence-corrected chi connectivity index (χ4v) is 1.56. The van der Waals surface area contributed by atoms with Crippen LogP contribution in [0.2, 0.25) is 0 Å². The van der Waals surface area contributed by atoms with E-state index >= 15 is 0 Å². The quantitative estimate of drug-likeness (QED) is 0.635. The van der Waals surface area contributed by atoms with Crippen molar-refractivity contribution in [3.63, 3.8) is 0 Å². The highest BCUT2D eigenvalue weighted by atomic mass is 16.6. The topological polar surface area (TPSA) is 92.5 Å². The third-order valence-electron chi connectivity index (χ3n) is 3.52. The first kappa shape index (κ1) is 16.1. The first-order valence-corrected chi connectivity index (χ1v) is 6.30. The van der Waals surface area contributed by atoms with Crippen molar-refractivity contribution < 1.29 is 14.8 Å². The Kier molecular flexibility index (Phi) is 4.50. The van der Waals surface area contributed by atoms with Crippen molar-refractivity contribution in [2.24, 2.45) is 0 Å². The molecule has 1 aromatic carbocycles. The summed E-state index contributed by atoms with van der Waals surface area (Å²) in [4.78, 5) is 22.4. The molecule has 0 bridgehead atoms. The molecule has 2 N–H and O–H groups in total. The van der Waals surface area contributed by atoms with Crippen molar-refractivity contribution in [2.45, 2.75) is 45.3 Å². The van der Waals surface area contributed by atoms with E-state index in [1.807, 2.05) is 0 Å². The maximum absolute atomic E-state index is 12.0. The molecule has 1 amide bonds. The van der Waals surface area contributed by atoms with Gasteiger partial charge in [0.2, 0.25) is 5.91 Å². The van der Waals surface area contributed by atoms with Crippen LogP contribution in [0.25, 0.3) is 0 Å². The summed E-state index contributed by atoms with van der Waals surface area (Å²) in [5.74, 6) is -0.369. The minimum Gasteiger partial charge on any atom is -0.388 e. The Morgan fingerprint density at radius 1 is 1.30 bits per heavy atom. The van der Waals surface area contributed by atoms with E-state index in [0.29, 0.717) is 5.56 Å². The van der Waals surface area contributed by atoms with Crippen LogP contribution in [0, 0.1) is 10.1 Å². The zero-order chi connectivity index (χ0) is 15.6. The summed E-state index contributed by atoms with van der Waals surface area (Å²) in [5.41, 5.74) is -1.68. The molecule has 0 heterocycles. The number of carbonyl (C=O) groups is 1. The molecule has 20 heavy (non-hydrogen) atoms. The Labute approximate surface area is 118 Å². The van der Waals surface area contributed by atoms with Gasteiger partial charge in [0.05, 0.1) is 22.5 Å². The Hall–Kier alpha value is -1.95. The molecule has 110 valence electrons. The van der Waals surface area contributed by atoms with Crippen LogP contribution in [0.5, 0.6) is 0 Å². The molecule has 1 rings (SSSR count). The molecule has 0 aliphatic carbocycles. The van der Waals surface area contributed by atoms with E-state index in [4.69, 9.17) is 0 Å². The molecule has 0 aromatic heterocycles. The van der Waals surface area contributed by atoms with E-state index in [1.54, 1.807) is 45.9 Å². The number of benzene rings is 1. The number of hydrogen-bond acceptors (Lipinski definition) is 4. The van der Waals surface area contributed by atoms with Crippen LogP contribution in [-0.4, -0.2) is 27.1 Å². The Balaban J connectivity index is 2.85. The lowest BCUT2D eigenvalue weighted by molar-refractivity contribution is -0.385. The van der Waals surface area contributed by atoms with Gasteiger partial charge in [0.15, 0.2) is 0 Å². The molecule has 0 saturated carbocycles. The minimum atomic E-state index is -1.11. The molecular formula is C14H20N2O4. The molecule has 0 spiro atoms. The van der Waals surface area contributed by atoms with Crippen molar-refractivity contribution >= 4 is 11.6 Å². The van der Waals surface area contributed by atoms with Gasteiger partial charge >= 0.3 is 0 Å². The van der Waals surface area contributed by atoms with Crippen LogP contribution in [0.4, 0.5) is 5.69 Å². The standard InChI is InChI=1S/C14H20N2O4/c1-13(2,14(3,4)18)15-12(17)9-10-7-5-6-8-11(10)16(19)20/h5-8,18H,9H2,1-4H3,(H,15,17). The second kappa shape index (κ2) is 5.58. The SMILES string of the molecule is CC(C)(O)C(C)(C)NC(=O)Cc1ccccc1[N+](=O)[O-]. The zero-order valence-corrected chi connectivity index (χ0v) is 12.1. The van der Waals surface area contributed by atoms with Gasteiger partial charge in [0, 0.05) is 11.6 Å². The average Bonchev–Trinajstić information content (AvgIpc) is 2.26. The molecule has 0 radical (unpaired) electrons. The van der Waals surface area contributed by atoms with E-state index < -0.39 is 16.1 Å². The van der Waals surface area contributed by atoms with Crippen LogP contribution in [0.1, 0.15) is 33.3 Å². The van der Waals surface area contributed by atoms with Crippen LogP contribution in [0.15, 0.2) is 24.3 Å². The Morgan fingerprint density at radius 2 is 1.85 bits per heavy atom. The molecular weight excluding hydrogens is 260 g/mol. The molecule has 0 aliphatic rings. The second-order valence-corrected chi connectivity index (χ2v) is 5.79. The molecule has 0 atom stereocenters. The number of nitrogens with zero attached hydrogens (tertiary/aromatic N) is 1. The van der Waals surface area contributed by atoms with Crippen LogP contribution >= 0.6 is 0 Å². The smallest absolute Gasteiger partial charge is 0.273 e. The number of aliphatic hydroxyl groups is 1. The summed E-state index contributed by atoms with van der Waals surface area (Å²) in [7, 11) is 0. The highest BCUT2D eigenvalue weighted by Gasteiger charge is 2.36. The van der Waals surface area contributed by atoms with Crippen molar-refractivity contribution in [3.05, 3.63) is 39.9 Å². The van der Waals surface area contributed by atoms with Gasteiger partial charge in [-0.25, -0.2) is 0 Å². The van der Waals surface area contributed by atoms with Gasteiger partial charge in [-0.2, -0.15) is 0 Å². The van der Waals surface area contributed by atoms with Crippen molar-refractivity contribution in [1.82, 2.24) is 5.32 Å². The number of amides is 1. The minimum absolute atomic E-state index is 0.0799. The van der Waals surface area contributed by atoms with Gasteiger partial charge in [-0.1, -0.05) is 18.2 Å². The lowest BCUT2D eigenvalue weighted by Crippen LogP contribution is -2.58. The zero-order valence-electron chi connectivity index (χ0n) is 12.1. The summed E-state index contributed by atoms with van der Waals surface area (Å²) in [6.07, 6.45) is -0.101. The second-order valence-electron chi connectivity index (χ2n) is 5.79. The van der Waals surface area contributed by atoms with Gasteiger partial charge in [0.1, 0.15) is 0 Å². The molecule has 0 fully saturated rings. The first-order chi connectivity index (χ1) is 9.04. The third-order valence-corrected chi connectivity index (χ3v) is 3.52. The molecule has 6 nitrogen and oxygen atoms in total. The maximum atomic E-state index is 12.0. The summed E-state index contributed by atoms with van der Waals surface area (Å²) >= 11 is 0. The predicted molar refractivity (Wildman–Crippen MR) is 75.3 cm³/mol. The van der Waals surface area contributed by atoms with Gasteiger partial charge < -0.3 is 10.4 Å². The monoisotopic (exact) mass is 280 g/mol. The summed E-state index contributed by atoms with van der Waals surface area (Å²) in [6.45, 7) is 6.59. The van der Waals surface area contributed by atoms with Crippen LogP contribution < -0.4 is 5.32 Å².